The summed E-state index contributed by atoms with van der Waals surface area (Å²) in [5, 5.41) is 7.94. The fraction of sp³-hybridized carbons (Fsp3) is 0.750. The highest BCUT2D eigenvalue weighted by molar-refractivity contribution is 5.51. The lowest BCUT2D eigenvalue weighted by Gasteiger charge is -2.22. The second-order valence-electron chi connectivity index (χ2n) is 4.61. The second-order valence-corrected chi connectivity index (χ2v) is 4.61. The van der Waals surface area contributed by atoms with Crippen molar-refractivity contribution in [3.63, 3.8) is 0 Å². The van der Waals surface area contributed by atoms with Gasteiger partial charge in [-0.25, -0.2) is 0 Å². The Balaban J connectivity index is 1.93. The van der Waals surface area contributed by atoms with Crippen molar-refractivity contribution in [2.75, 3.05) is 25.1 Å². The van der Waals surface area contributed by atoms with Gasteiger partial charge in [0.2, 0.25) is 0 Å². The van der Waals surface area contributed by atoms with E-state index < -0.39 is 0 Å². The molecule has 1 aliphatic heterocycles. The van der Waals surface area contributed by atoms with Crippen LogP contribution in [0.4, 0.5) is 5.69 Å². The van der Waals surface area contributed by atoms with Crippen molar-refractivity contribution in [1.29, 1.82) is 0 Å². The van der Waals surface area contributed by atoms with Gasteiger partial charge in [-0.1, -0.05) is 0 Å². The molecule has 0 aliphatic carbocycles. The van der Waals surface area contributed by atoms with Gasteiger partial charge in [0.15, 0.2) is 0 Å². The Kier molecular flexibility index (Phi) is 3.49. The first kappa shape index (κ1) is 11.5. The Morgan fingerprint density at radius 2 is 2.06 bits per heavy atom. The van der Waals surface area contributed by atoms with E-state index in [1.807, 2.05) is 11.7 Å². The molecule has 2 rings (SSSR count). The van der Waals surface area contributed by atoms with Gasteiger partial charge in [0.25, 0.3) is 0 Å². The zero-order valence-electron chi connectivity index (χ0n) is 10.4. The van der Waals surface area contributed by atoms with Crippen molar-refractivity contribution in [3.8, 4) is 0 Å². The molecule has 1 fully saturated rings. The summed E-state index contributed by atoms with van der Waals surface area (Å²) >= 11 is 0. The van der Waals surface area contributed by atoms with E-state index >= 15 is 0 Å². The summed E-state index contributed by atoms with van der Waals surface area (Å²) in [6.45, 7) is 7.02. The minimum atomic E-state index is 0.743. The lowest BCUT2D eigenvalue weighted by molar-refractivity contribution is 0.0699. The summed E-state index contributed by atoms with van der Waals surface area (Å²) in [5.41, 5.74) is 3.51. The SMILES string of the molecule is Cc1nn(C)c(C)c1NCC1CCOCC1. The maximum absolute atomic E-state index is 5.36. The molecular formula is C12H21N3O. The Morgan fingerprint density at radius 1 is 1.38 bits per heavy atom. The highest BCUT2D eigenvalue weighted by Gasteiger charge is 2.15. The molecule has 4 nitrogen and oxygen atoms in total. The fourth-order valence-corrected chi connectivity index (χ4v) is 2.23. The second kappa shape index (κ2) is 4.87. The molecule has 1 saturated heterocycles. The number of anilines is 1. The summed E-state index contributed by atoms with van der Waals surface area (Å²) in [6, 6.07) is 0. The number of ether oxygens (including phenoxy) is 1. The minimum absolute atomic E-state index is 0.743. The van der Waals surface area contributed by atoms with E-state index in [9.17, 15) is 0 Å². The number of nitrogens with one attached hydrogen (secondary N) is 1. The van der Waals surface area contributed by atoms with Gasteiger partial charge in [0.05, 0.1) is 17.1 Å². The Hall–Kier alpha value is -1.03. The predicted molar refractivity (Wildman–Crippen MR) is 64.7 cm³/mol. The van der Waals surface area contributed by atoms with Gasteiger partial charge in [-0.2, -0.15) is 5.10 Å². The van der Waals surface area contributed by atoms with Crippen LogP contribution in [0, 0.1) is 19.8 Å². The lowest BCUT2D eigenvalue weighted by atomic mass is 10.0. The van der Waals surface area contributed by atoms with Crippen molar-refractivity contribution in [2.45, 2.75) is 26.7 Å². The van der Waals surface area contributed by atoms with Crippen LogP contribution in [0.3, 0.4) is 0 Å². The van der Waals surface area contributed by atoms with E-state index in [0.29, 0.717) is 0 Å². The molecule has 0 radical (unpaired) electrons. The molecule has 2 heterocycles. The number of aryl methyl sites for hydroxylation is 2. The van der Waals surface area contributed by atoms with Crippen LogP contribution in [0.2, 0.25) is 0 Å². The molecule has 0 bridgehead atoms. The Bertz CT molecular complexity index is 353. The van der Waals surface area contributed by atoms with Crippen LogP contribution in [0.25, 0.3) is 0 Å². The molecule has 0 saturated carbocycles. The highest BCUT2D eigenvalue weighted by atomic mass is 16.5. The van der Waals surface area contributed by atoms with Crippen LogP contribution in [-0.2, 0) is 11.8 Å². The monoisotopic (exact) mass is 223 g/mol. The van der Waals surface area contributed by atoms with Crippen LogP contribution in [0.1, 0.15) is 24.2 Å². The smallest absolute Gasteiger partial charge is 0.0827 e. The van der Waals surface area contributed by atoms with E-state index in [2.05, 4.69) is 24.3 Å². The van der Waals surface area contributed by atoms with Crippen molar-refractivity contribution in [1.82, 2.24) is 9.78 Å². The van der Waals surface area contributed by atoms with Gasteiger partial charge in [-0.05, 0) is 32.6 Å². The number of nitrogens with zero attached hydrogens (tertiary/aromatic N) is 2. The normalized spacial score (nSPS) is 17.7. The van der Waals surface area contributed by atoms with E-state index in [0.717, 1.165) is 31.4 Å². The van der Waals surface area contributed by atoms with E-state index in [4.69, 9.17) is 4.74 Å². The van der Waals surface area contributed by atoms with Gasteiger partial charge < -0.3 is 10.1 Å². The molecule has 1 N–H and O–H groups in total. The zero-order valence-corrected chi connectivity index (χ0v) is 10.4. The summed E-state index contributed by atoms with van der Waals surface area (Å²) in [7, 11) is 1.99. The molecule has 0 aromatic carbocycles. The van der Waals surface area contributed by atoms with Crippen molar-refractivity contribution < 1.29 is 4.74 Å². The first-order valence-electron chi connectivity index (χ1n) is 6.00. The van der Waals surface area contributed by atoms with Gasteiger partial charge in [0.1, 0.15) is 0 Å². The number of aromatic nitrogens is 2. The van der Waals surface area contributed by atoms with Gasteiger partial charge >= 0.3 is 0 Å². The van der Waals surface area contributed by atoms with Crippen LogP contribution in [-0.4, -0.2) is 29.5 Å². The molecule has 0 unspecified atom stereocenters. The summed E-state index contributed by atoms with van der Waals surface area (Å²) in [4.78, 5) is 0. The maximum Gasteiger partial charge on any atom is 0.0827 e. The lowest BCUT2D eigenvalue weighted by Crippen LogP contribution is -2.22. The first-order valence-corrected chi connectivity index (χ1v) is 6.00. The average Bonchev–Trinajstić information content (AvgIpc) is 2.53. The largest absolute Gasteiger partial charge is 0.382 e. The first-order chi connectivity index (χ1) is 7.68. The molecule has 0 spiro atoms. The van der Waals surface area contributed by atoms with Gasteiger partial charge in [0, 0.05) is 26.8 Å². The summed E-state index contributed by atoms with van der Waals surface area (Å²) in [6.07, 6.45) is 2.34. The third-order valence-electron chi connectivity index (χ3n) is 3.42. The molecule has 1 aromatic rings. The predicted octanol–water partition coefficient (Wildman–Crippen LogP) is 1.88. The topological polar surface area (TPSA) is 39.1 Å². The average molecular weight is 223 g/mol. The van der Waals surface area contributed by atoms with E-state index in [1.54, 1.807) is 0 Å². The molecule has 0 amide bonds. The van der Waals surface area contributed by atoms with Gasteiger partial charge in [-0.3, -0.25) is 4.68 Å². The third-order valence-corrected chi connectivity index (χ3v) is 3.42. The third kappa shape index (κ3) is 2.38. The number of hydrogen-bond donors (Lipinski definition) is 1. The molecule has 0 atom stereocenters. The van der Waals surface area contributed by atoms with E-state index in [1.165, 1.54) is 24.2 Å². The minimum Gasteiger partial charge on any atom is -0.382 e. The van der Waals surface area contributed by atoms with Crippen LogP contribution in [0.15, 0.2) is 0 Å². The van der Waals surface area contributed by atoms with Crippen molar-refractivity contribution in [3.05, 3.63) is 11.4 Å². The molecule has 1 aromatic heterocycles. The molecular weight excluding hydrogens is 202 g/mol. The summed E-state index contributed by atoms with van der Waals surface area (Å²) < 4.78 is 7.29. The van der Waals surface area contributed by atoms with Crippen LogP contribution in [0.5, 0.6) is 0 Å². The molecule has 16 heavy (non-hydrogen) atoms. The fourth-order valence-electron chi connectivity index (χ4n) is 2.23. The van der Waals surface area contributed by atoms with Crippen LogP contribution < -0.4 is 5.32 Å². The quantitative estimate of drug-likeness (QED) is 0.850. The molecule has 1 aliphatic rings. The van der Waals surface area contributed by atoms with Gasteiger partial charge in [-0.15, -0.1) is 0 Å². The Morgan fingerprint density at radius 3 is 2.62 bits per heavy atom. The highest BCUT2D eigenvalue weighted by Crippen LogP contribution is 2.21. The number of rotatable bonds is 3. The Labute approximate surface area is 97.0 Å². The van der Waals surface area contributed by atoms with Crippen LogP contribution >= 0.6 is 0 Å². The van der Waals surface area contributed by atoms with Crippen molar-refractivity contribution in [2.24, 2.45) is 13.0 Å². The van der Waals surface area contributed by atoms with Crippen molar-refractivity contribution >= 4 is 5.69 Å². The summed E-state index contributed by atoms with van der Waals surface area (Å²) in [5.74, 6) is 0.743. The molecule has 4 heteroatoms. The molecule has 90 valence electrons. The van der Waals surface area contributed by atoms with E-state index in [-0.39, 0.29) is 0 Å². The standard InChI is InChI=1S/C12H21N3O/c1-9-12(10(2)15(3)14-9)13-8-11-4-6-16-7-5-11/h11,13H,4-8H2,1-3H3. The zero-order chi connectivity index (χ0) is 11.5. The number of hydrogen-bond acceptors (Lipinski definition) is 3. The maximum atomic E-state index is 5.36.